The lowest BCUT2D eigenvalue weighted by Crippen LogP contribution is -2.21. The van der Waals surface area contributed by atoms with Gasteiger partial charge in [0.1, 0.15) is 10.6 Å². The van der Waals surface area contributed by atoms with Crippen molar-refractivity contribution in [1.82, 2.24) is 9.97 Å². The molecule has 2 rings (SSSR count). The molecule has 2 atom stereocenters. The molecule has 0 aliphatic rings. The highest BCUT2D eigenvalue weighted by atomic mass is 32.2. The fourth-order valence-electron chi connectivity index (χ4n) is 1.77. The van der Waals surface area contributed by atoms with E-state index in [1.807, 2.05) is 13.8 Å². The third kappa shape index (κ3) is 3.46. The predicted molar refractivity (Wildman–Crippen MR) is 88.3 cm³/mol. The van der Waals surface area contributed by atoms with E-state index in [2.05, 4.69) is 33.6 Å². The second-order valence-corrected chi connectivity index (χ2v) is 7.73. The van der Waals surface area contributed by atoms with Crippen LogP contribution < -0.4 is 10.6 Å². The van der Waals surface area contributed by atoms with Crippen molar-refractivity contribution >= 4 is 44.1 Å². The van der Waals surface area contributed by atoms with Gasteiger partial charge in [-0.15, -0.1) is 11.3 Å². The van der Waals surface area contributed by atoms with Gasteiger partial charge in [-0.25, -0.2) is 4.98 Å². The minimum absolute atomic E-state index is 0.0855. The van der Waals surface area contributed by atoms with E-state index in [-0.39, 0.29) is 5.25 Å². The summed E-state index contributed by atoms with van der Waals surface area (Å²) in [6.45, 7) is 7.46. The number of thiophene rings is 1. The molecule has 2 aromatic rings. The Morgan fingerprint density at radius 3 is 2.80 bits per heavy atom. The first-order chi connectivity index (χ1) is 9.51. The smallest absolute Gasteiger partial charge is 0.226 e. The highest BCUT2D eigenvalue weighted by Gasteiger charge is 2.12. The molecule has 0 bridgehead atoms. The minimum atomic E-state index is -0.840. The molecule has 0 aromatic carbocycles. The Labute approximate surface area is 125 Å². The van der Waals surface area contributed by atoms with Crippen molar-refractivity contribution in [2.24, 2.45) is 0 Å². The molecule has 20 heavy (non-hydrogen) atoms. The summed E-state index contributed by atoms with van der Waals surface area (Å²) in [7, 11) is -0.840. The first-order valence-corrected chi connectivity index (χ1v) is 9.03. The fraction of sp³-hybridized carbons (Fsp3) is 0.538. The number of anilines is 2. The maximum absolute atomic E-state index is 11.4. The van der Waals surface area contributed by atoms with Gasteiger partial charge in [-0.05, 0) is 26.8 Å². The van der Waals surface area contributed by atoms with Gasteiger partial charge in [0.05, 0.1) is 5.39 Å². The van der Waals surface area contributed by atoms with Crippen LogP contribution in [0.2, 0.25) is 0 Å². The zero-order chi connectivity index (χ0) is 14.7. The molecule has 0 aliphatic carbocycles. The maximum atomic E-state index is 11.4. The number of aryl methyl sites for hydroxylation is 1. The van der Waals surface area contributed by atoms with Crippen molar-refractivity contribution in [2.45, 2.75) is 26.0 Å². The van der Waals surface area contributed by atoms with Crippen molar-refractivity contribution in [3.05, 3.63) is 10.9 Å². The van der Waals surface area contributed by atoms with Gasteiger partial charge in [0.2, 0.25) is 5.95 Å². The molecule has 110 valence electrons. The van der Waals surface area contributed by atoms with Crippen molar-refractivity contribution in [1.29, 1.82) is 0 Å². The lowest BCUT2D eigenvalue weighted by Gasteiger charge is -2.12. The average Bonchev–Trinajstić information content (AvgIpc) is 2.76. The Morgan fingerprint density at radius 2 is 2.15 bits per heavy atom. The van der Waals surface area contributed by atoms with Crippen molar-refractivity contribution < 1.29 is 4.21 Å². The number of nitrogens with zero attached hydrogens (tertiary/aromatic N) is 2. The molecule has 0 amide bonds. The van der Waals surface area contributed by atoms with E-state index in [4.69, 9.17) is 0 Å². The largest absolute Gasteiger partial charge is 0.368 e. The van der Waals surface area contributed by atoms with Crippen LogP contribution in [0, 0.1) is 6.92 Å². The van der Waals surface area contributed by atoms with Gasteiger partial charge in [-0.2, -0.15) is 4.98 Å². The predicted octanol–water partition coefficient (Wildman–Crippen LogP) is 2.61. The second kappa shape index (κ2) is 6.49. The summed E-state index contributed by atoms with van der Waals surface area (Å²) >= 11 is 1.66. The Hall–Kier alpha value is -1.21. The highest BCUT2D eigenvalue weighted by Crippen LogP contribution is 2.29. The molecule has 5 nitrogen and oxygen atoms in total. The molecule has 7 heteroatoms. The normalized spacial score (nSPS) is 14.2. The molecular weight excluding hydrogens is 292 g/mol. The molecule has 0 fully saturated rings. The van der Waals surface area contributed by atoms with Crippen LogP contribution in [0.3, 0.4) is 0 Å². The van der Waals surface area contributed by atoms with Crippen LogP contribution >= 0.6 is 11.3 Å². The van der Waals surface area contributed by atoms with Crippen LogP contribution in [-0.4, -0.2) is 38.8 Å². The monoisotopic (exact) mass is 312 g/mol. The van der Waals surface area contributed by atoms with E-state index >= 15 is 0 Å². The molecule has 0 saturated carbocycles. The number of aromatic nitrogens is 2. The number of rotatable bonds is 6. The van der Waals surface area contributed by atoms with Crippen molar-refractivity contribution in [3.8, 4) is 0 Å². The standard InChI is InChI=1S/C13H20N4OS2/c1-5-14-13-16-11(15-7-9(3)20(4)18)10-6-8(2)19-12(10)17-13/h6,9H,5,7H2,1-4H3,(H2,14,15,16,17). The minimum Gasteiger partial charge on any atom is -0.368 e. The number of hydrogen-bond donors (Lipinski definition) is 2. The third-order valence-corrected chi connectivity index (χ3v) is 5.22. The third-order valence-electron chi connectivity index (χ3n) is 2.97. The van der Waals surface area contributed by atoms with Crippen LogP contribution in [0.15, 0.2) is 6.07 Å². The van der Waals surface area contributed by atoms with Crippen LogP contribution in [0.5, 0.6) is 0 Å². The summed E-state index contributed by atoms with van der Waals surface area (Å²) in [4.78, 5) is 11.2. The van der Waals surface area contributed by atoms with E-state index in [1.54, 1.807) is 17.6 Å². The quantitative estimate of drug-likeness (QED) is 0.858. The Morgan fingerprint density at radius 1 is 1.40 bits per heavy atom. The molecule has 2 N–H and O–H groups in total. The molecule has 2 aromatic heterocycles. The summed E-state index contributed by atoms with van der Waals surface area (Å²) in [5.41, 5.74) is 0. The first kappa shape index (κ1) is 15.2. The van der Waals surface area contributed by atoms with E-state index in [0.29, 0.717) is 12.5 Å². The van der Waals surface area contributed by atoms with E-state index in [1.165, 1.54) is 4.88 Å². The average molecular weight is 312 g/mol. The van der Waals surface area contributed by atoms with E-state index in [9.17, 15) is 4.21 Å². The van der Waals surface area contributed by atoms with Crippen LogP contribution in [0.4, 0.5) is 11.8 Å². The van der Waals surface area contributed by atoms with Crippen molar-refractivity contribution in [3.63, 3.8) is 0 Å². The van der Waals surface area contributed by atoms with Crippen LogP contribution in [-0.2, 0) is 10.8 Å². The molecule has 2 heterocycles. The molecule has 0 spiro atoms. The van der Waals surface area contributed by atoms with Gasteiger partial charge < -0.3 is 10.6 Å². The van der Waals surface area contributed by atoms with Gasteiger partial charge in [-0.3, -0.25) is 4.21 Å². The van der Waals surface area contributed by atoms with Crippen LogP contribution in [0.25, 0.3) is 10.2 Å². The van der Waals surface area contributed by atoms with Gasteiger partial charge in [0.15, 0.2) is 0 Å². The molecule has 0 radical (unpaired) electrons. The lowest BCUT2D eigenvalue weighted by molar-refractivity contribution is 0.679. The Balaban J connectivity index is 2.31. The zero-order valence-corrected chi connectivity index (χ0v) is 13.8. The SMILES string of the molecule is CCNc1nc(NCC(C)S(C)=O)c2cc(C)sc2n1. The topological polar surface area (TPSA) is 66.9 Å². The molecular formula is C13H20N4OS2. The molecule has 2 unspecified atom stereocenters. The molecule has 0 aliphatic heterocycles. The second-order valence-electron chi connectivity index (χ2n) is 4.69. The fourth-order valence-corrected chi connectivity index (χ4v) is 2.97. The van der Waals surface area contributed by atoms with Gasteiger partial charge in [0.25, 0.3) is 0 Å². The summed E-state index contributed by atoms with van der Waals surface area (Å²) in [5, 5.41) is 7.56. The highest BCUT2D eigenvalue weighted by molar-refractivity contribution is 7.84. The maximum Gasteiger partial charge on any atom is 0.226 e. The number of fused-ring (bicyclic) bond motifs is 1. The first-order valence-electron chi connectivity index (χ1n) is 6.59. The summed E-state index contributed by atoms with van der Waals surface area (Å²) in [5.74, 6) is 1.45. The zero-order valence-electron chi connectivity index (χ0n) is 12.2. The van der Waals surface area contributed by atoms with E-state index in [0.717, 1.165) is 22.6 Å². The van der Waals surface area contributed by atoms with Gasteiger partial charge >= 0.3 is 0 Å². The Kier molecular flexibility index (Phi) is 4.93. The molecule has 0 saturated heterocycles. The summed E-state index contributed by atoms with van der Waals surface area (Å²) in [6, 6.07) is 2.09. The lowest BCUT2D eigenvalue weighted by atomic mass is 10.3. The summed E-state index contributed by atoms with van der Waals surface area (Å²) in [6.07, 6.45) is 1.72. The summed E-state index contributed by atoms with van der Waals surface area (Å²) < 4.78 is 11.4. The van der Waals surface area contributed by atoms with E-state index < -0.39 is 10.8 Å². The van der Waals surface area contributed by atoms with Crippen LogP contribution in [0.1, 0.15) is 18.7 Å². The number of nitrogens with one attached hydrogen (secondary N) is 2. The number of hydrogen-bond acceptors (Lipinski definition) is 6. The van der Waals surface area contributed by atoms with Gasteiger partial charge in [-0.1, -0.05) is 0 Å². The Bertz CT molecular complexity index is 626. The van der Waals surface area contributed by atoms with Crippen molar-refractivity contribution in [2.75, 3.05) is 30.0 Å². The van der Waals surface area contributed by atoms with Gasteiger partial charge in [0, 0.05) is 40.3 Å².